The van der Waals surface area contributed by atoms with E-state index in [0.717, 1.165) is 48.3 Å². The summed E-state index contributed by atoms with van der Waals surface area (Å²) in [5, 5.41) is 4.59. The number of hydrogen-bond acceptors (Lipinski definition) is 3. The van der Waals surface area contributed by atoms with Crippen LogP contribution in [0.4, 0.5) is 20.2 Å². The van der Waals surface area contributed by atoms with Gasteiger partial charge >= 0.3 is 0 Å². The average Bonchev–Trinajstić information content (AvgIpc) is 3.25. The molecule has 0 unspecified atom stereocenters. The largest absolute Gasteiger partial charge is 0.268 e. The third-order valence-corrected chi connectivity index (χ3v) is 4.73. The Hall–Kier alpha value is -3.15. The van der Waals surface area contributed by atoms with Gasteiger partial charge in [-0.15, -0.1) is 0 Å². The molecule has 0 radical (unpaired) electrons. The zero-order chi connectivity index (χ0) is 19.0. The molecule has 0 aliphatic carbocycles. The first kappa shape index (κ1) is 17.3. The van der Waals surface area contributed by atoms with Crippen molar-refractivity contribution in [3.05, 3.63) is 53.7 Å². The zero-order valence-electron chi connectivity index (χ0n) is 14.9. The topological polar surface area (TPSA) is 42.5 Å². The third kappa shape index (κ3) is 2.97. The standard InChI is InChI=1S/C21H18F2N4/c1-3-25-17-9-6-13(11-18(17)24-2)20-19-5-4-10-27(19)26-21(20)15-12-14(22)7-8-16(15)23/h3,6-9,11-12H,2,4-5,10H2,1H3. The summed E-state index contributed by atoms with van der Waals surface area (Å²) in [4.78, 5) is 8.35. The molecule has 2 aromatic carbocycles. The molecule has 1 aromatic heterocycles. The number of aromatic nitrogens is 2. The molecule has 0 saturated heterocycles. The maximum atomic E-state index is 14.5. The fourth-order valence-corrected chi connectivity index (χ4v) is 3.56. The van der Waals surface area contributed by atoms with Crippen molar-refractivity contribution in [1.82, 2.24) is 9.78 Å². The molecule has 27 heavy (non-hydrogen) atoms. The summed E-state index contributed by atoms with van der Waals surface area (Å²) in [5.41, 5.74) is 4.63. The highest BCUT2D eigenvalue weighted by Gasteiger charge is 2.26. The van der Waals surface area contributed by atoms with Gasteiger partial charge in [0.05, 0.1) is 11.4 Å². The predicted molar refractivity (Wildman–Crippen MR) is 104 cm³/mol. The minimum Gasteiger partial charge on any atom is -0.268 e. The highest BCUT2D eigenvalue weighted by Crippen LogP contribution is 2.41. The normalized spacial score (nSPS) is 13.3. The number of aryl methyl sites for hydroxylation is 1. The number of rotatable bonds is 4. The second-order valence-electron chi connectivity index (χ2n) is 6.37. The molecule has 0 saturated carbocycles. The van der Waals surface area contributed by atoms with Crippen LogP contribution in [-0.2, 0) is 13.0 Å². The molecule has 0 amide bonds. The maximum Gasteiger partial charge on any atom is 0.132 e. The summed E-state index contributed by atoms with van der Waals surface area (Å²) in [6, 6.07) is 9.07. The molecule has 2 heterocycles. The van der Waals surface area contributed by atoms with Gasteiger partial charge < -0.3 is 0 Å². The van der Waals surface area contributed by atoms with E-state index in [2.05, 4.69) is 21.8 Å². The van der Waals surface area contributed by atoms with E-state index in [1.807, 2.05) is 29.8 Å². The van der Waals surface area contributed by atoms with Gasteiger partial charge in [-0.2, -0.15) is 5.10 Å². The SMILES string of the molecule is C=Nc1cc(-c2c(-c3cc(F)ccc3F)nn3c2CCC3)ccc1N=CC. The molecule has 1 aliphatic heterocycles. The Balaban J connectivity index is 1.96. The lowest BCUT2D eigenvalue weighted by atomic mass is 9.96. The van der Waals surface area contributed by atoms with Crippen LogP contribution in [0.15, 0.2) is 46.4 Å². The number of nitrogens with zero attached hydrogens (tertiary/aromatic N) is 4. The van der Waals surface area contributed by atoms with Gasteiger partial charge in [0, 0.05) is 29.6 Å². The number of fused-ring (bicyclic) bond motifs is 1. The Bertz CT molecular complexity index is 1070. The van der Waals surface area contributed by atoms with Crippen molar-refractivity contribution in [3.8, 4) is 22.4 Å². The van der Waals surface area contributed by atoms with Crippen LogP contribution in [0.5, 0.6) is 0 Å². The molecule has 6 heteroatoms. The highest BCUT2D eigenvalue weighted by atomic mass is 19.1. The van der Waals surface area contributed by atoms with Crippen LogP contribution in [0.25, 0.3) is 22.4 Å². The molecule has 0 N–H and O–H groups in total. The van der Waals surface area contributed by atoms with Crippen LogP contribution in [0.3, 0.4) is 0 Å². The highest BCUT2D eigenvalue weighted by molar-refractivity contribution is 5.86. The summed E-state index contributed by atoms with van der Waals surface area (Å²) in [5.74, 6) is -0.990. The molecule has 0 spiro atoms. The van der Waals surface area contributed by atoms with Crippen molar-refractivity contribution < 1.29 is 8.78 Å². The summed E-state index contributed by atoms with van der Waals surface area (Å²) < 4.78 is 30.1. The molecule has 4 nitrogen and oxygen atoms in total. The fraction of sp³-hybridized carbons (Fsp3) is 0.190. The Kier molecular flexibility index (Phi) is 4.39. The van der Waals surface area contributed by atoms with Crippen LogP contribution in [-0.4, -0.2) is 22.7 Å². The summed E-state index contributed by atoms with van der Waals surface area (Å²) >= 11 is 0. The van der Waals surface area contributed by atoms with Gasteiger partial charge in [0.25, 0.3) is 0 Å². The first-order valence-electron chi connectivity index (χ1n) is 8.77. The van der Waals surface area contributed by atoms with E-state index < -0.39 is 11.6 Å². The first-order chi connectivity index (χ1) is 13.1. The number of hydrogen-bond donors (Lipinski definition) is 0. The van der Waals surface area contributed by atoms with Crippen molar-refractivity contribution in [2.24, 2.45) is 9.98 Å². The first-order valence-corrected chi connectivity index (χ1v) is 8.77. The molecule has 136 valence electrons. The lowest BCUT2D eigenvalue weighted by molar-refractivity contribution is 0.601. The molecule has 0 atom stereocenters. The Morgan fingerprint density at radius 2 is 2.00 bits per heavy atom. The van der Waals surface area contributed by atoms with Gasteiger partial charge in [0.15, 0.2) is 0 Å². The van der Waals surface area contributed by atoms with E-state index in [9.17, 15) is 8.78 Å². The van der Waals surface area contributed by atoms with Crippen molar-refractivity contribution in [2.75, 3.05) is 0 Å². The van der Waals surface area contributed by atoms with E-state index >= 15 is 0 Å². The molecule has 4 rings (SSSR count). The smallest absolute Gasteiger partial charge is 0.132 e. The predicted octanol–water partition coefficient (Wildman–Crippen LogP) is 5.50. The number of benzene rings is 2. The quantitative estimate of drug-likeness (QED) is 0.564. The minimum atomic E-state index is -0.497. The Morgan fingerprint density at radius 3 is 2.78 bits per heavy atom. The van der Waals surface area contributed by atoms with Crippen molar-refractivity contribution >= 4 is 24.3 Å². The summed E-state index contributed by atoms with van der Waals surface area (Å²) in [6.07, 6.45) is 3.51. The van der Waals surface area contributed by atoms with Crippen molar-refractivity contribution in [2.45, 2.75) is 26.3 Å². The van der Waals surface area contributed by atoms with Crippen LogP contribution in [0.2, 0.25) is 0 Å². The van der Waals surface area contributed by atoms with E-state index in [1.54, 1.807) is 6.21 Å². The van der Waals surface area contributed by atoms with Crippen LogP contribution < -0.4 is 0 Å². The molecule has 1 aliphatic rings. The summed E-state index contributed by atoms with van der Waals surface area (Å²) in [7, 11) is 0. The van der Waals surface area contributed by atoms with Crippen LogP contribution in [0.1, 0.15) is 19.0 Å². The number of halogens is 2. The lowest BCUT2D eigenvalue weighted by Gasteiger charge is -2.09. The lowest BCUT2D eigenvalue weighted by Crippen LogP contribution is -1.95. The molecule has 0 bridgehead atoms. The van der Waals surface area contributed by atoms with Crippen LogP contribution in [0, 0.1) is 11.6 Å². The van der Waals surface area contributed by atoms with Gasteiger partial charge in [-0.1, -0.05) is 6.07 Å². The van der Waals surface area contributed by atoms with Crippen molar-refractivity contribution in [3.63, 3.8) is 0 Å². The Labute approximate surface area is 155 Å². The minimum absolute atomic E-state index is 0.163. The van der Waals surface area contributed by atoms with E-state index in [0.29, 0.717) is 17.1 Å². The Morgan fingerprint density at radius 1 is 1.15 bits per heavy atom. The van der Waals surface area contributed by atoms with E-state index in [1.165, 1.54) is 6.07 Å². The van der Waals surface area contributed by atoms with Gasteiger partial charge in [0.1, 0.15) is 17.3 Å². The van der Waals surface area contributed by atoms with Crippen molar-refractivity contribution in [1.29, 1.82) is 0 Å². The van der Waals surface area contributed by atoms with Gasteiger partial charge in [0.2, 0.25) is 0 Å². The third-order valence-electron chi connectivity index (χ3n) is 4.73. The molecule has 0 fully saturated rings. The molecular formula is C21H18F2N4. The van der Waals surface area contributed by atoms with Gasteiger partial charge in [-0.05, 0) is 62.4 Å². The maximum absolute atomic E-state index is 14.5. The molecular weight excluding hydrogens is 346 g/mol. The second-order valence-corrected chi connectivity index (χ2v) is 6.37. The van der Waals surface area contributed by atoms with E-state index in [-0.39, 0.29) is 5.56 Å². The summed E-state index contributed by atoms with van der Waals surface area (Å²) in [6.45, 7) is 6.22. The zero-order valence-corrected chi connectivity index (χ0v) is 14.9. The monoisotopic (exact) mass is 364 g/mol. The molecule has 3 aromatic rings. The number of aliphatic imine (C=N–C) groups is 2. The fourth-order valence-electron chi connectivity index (χ4n) is 3.56. The second kappa shape index (κ2) is 6.87. The van der Waals surface area contributed by atoms with Crippen LogP contribution >= 0.6 is 0 Å². The average molecular weight is 364 g/mol. The van der Waals surface area contributed by atoms with E-state index in [4.69, 9.17) is 0 Å². The van der Waals surface area contributed by atoms with Gasteiger partial charge in [-0.3, -0.25) is 14.7 Å². The van der Waals surface area contributed by atoms with Gasteiger partial charge in [-0.25, -0.2) is 8.78 Å².